The van der Waals surface area contributed by atoms with Crippen molar-refractivity contribution in [2.75, 3.05) is 0 Å². The second-order valence-electron chi connectivity index (χ2n) is 7.45. The van der Waals surface area contributed by atoms with Gasteiger partial charge in [0.15, 0.2) is 0 Å². The van der Waals surface area contributed by atoms with Crippen LogP contribution in [0.5, 0.6) is 0 Å². The van der Waals surface area contributed by atoms with Gasteiger partial charge in [0, 0.05) is 0 Å². The van der Waals surface area contributed by atoms with Gasteiger partial charge in [-0.1, -0.05) is 34.1 Å². The Kier molecular flexibility index (Phi) is 10.9. The monoisotopic (exact) mass is 415 g/mol. The van der Waals surface area contributed by atoms with E-state index in [0.717, 1.165) is 0 Å². The van der Waals surface area contributed by atoms with Gasteiger partial charge in [0.1, 0.15) is 18.1 Å². The Balaban J connectivity index is 5.35. The molecule has 4 amide bonds. The van der Waals surface area contributed by atoms with Crippen molar-refractivity contribution in [3.8, 4) is 0 Å². The van der Waals surface area contributed by atoms with Crippen molar-refractivity contribution in [3.05, 3.63) is 0 Å². The largest absolute Gasteiger partial charge is 0.480 e. The fourth-order valence-corrected chi connectivity index (χ4v) is 2.41. The number of rotatable bonds is 12. The van der Waals surface area contributed by atoms with Crippen LogP contribution in [0, 0.1) is 11.8 Å². The Hall–Kier alpha value is -2.69. The van der Waals surface area contributed by atoms with Crippen LogP contribution in [-0.4, -0.2) is 58.9 Å². The van der Waals surface area contributed by atoms with Gasteiger partial charge in [-0.05, 0) is 18.8 Å². The smallest absolute Gasteiger partial charge is 0.325 e. The minimum Gasteiger partial charge on any atom is -0.480 e. The number of nitrogens with two attached hydrogens (primary N) is 2. The normalized spacial score (nSPS) is 16.1. The number of amides is 4. The molecule has 0 rings (SSSR count). The van der Waals surface area contributed by atoms with Gasteiger partial charge in [-0.25, -0.2) is 0 Å². The number of carbonyl (C=O) groups excluding carboxylic acids is 4. The molecule has 0 saturated carbocycles. The maximum absolute atomic E-state index is 12.8. The maximum atomic E-state index is 12.8. The average Bonchev–Trinajstić information content (AvgIpc) is 2.61. The summed E-state index contributed by atoms with van der Waals surface area (Å²) in [5.41, 5.74) is 10.7. The number of carbonyl (C=O) groups is 5. The van der Waals surface area contributed by atoms with Crippen molar-refractivity contribution in [3.63, 3.8) is 0 Å². The standard InChI is InChI=1S/C18H33N5O6/c1-6-9(4)14(23-15(25)11(19)7-12(20)24)17(27)22-13(8(2)3)16(26)21-10(5)18(28)29/h8-11,13-14H,6-7,19H2,1-5H3,(H2,20,24)(H,21,26)(H,22,27)(H,23,25)(H,28,29). The Morgan fingerprint density at radius 3 is 1.76 bits per heavy atom. The lowest BCUT2D eigenvalue weighted by Crippen LogP contribution is -2.59. The molecule has 0 aliphatic heterocycles. The summed E-state index contributed by atoms with van der Waals surface area (Å²) in [6.07, 6.45) is 0.169. The third-order valence-corrected chi connectivity index (χ3v) is 4.53. The van der Waals surface area contributed by atoms with Crippen LogP contribution in [0.4, 0.5) is 0 Å². The van der Waals surface area contributed by atoms with Gasteiger partial charge < -0.3 is 32.5 Å². The van der Waals surface area contributed by atoms with Crippen molar-refractivity contribution in [2.45, 2.75) is 71.6 Å². The van der Waals surface area contributed by atoms with Crippen LogP contribution in [0.3, 0.4) is 0 Å². The van der Waals surface area contributed by atoms with Crippen LogP contribution in [0.1, 0.15) is 47.5 Å². The van der Waals surface area contributed by atoms with Gasteiger partial charge in [0.25, 0.3) is 0 Å². The molecule has 0 fully saturated rings. The molecule has 0 aliphatic rings. The molecule has 5 atom stereocenters. The van der Waals surface area contributed by atoms with E-state index >= 15 is 0 Å². The summed E-state index contributed by atoms with van der Waals surface area (Å²) in [5.74, 6) is -4.58. The summed E-state index contributed by atoms with van der Waals surface area (Å²) in [7, 11) is 0. The van der Waals surface area contributed by atoms with E-state index in [1.165, 1.54) is 6.92 Å². The van der Waals surface area contributed by atoms with Crippen molar-refractivity contribution in [1.82, 2.24) is 16.0 Å². The summed E-state index contributed by atoms with van der Waals surface area (Å²) >= 11 is 0. The van der Waals surface area contributed by atoms with Crippen LogP contribution in [0.2, 0.25) is 0 Å². The van der Waals surface area contributed by atoms with Crippen LogP contribution in [0.25, 0.3) is 0 Å². The van der Waals surface area contributed by atoms with Crippen LogP contribution >= 0.6 is 0 Å². The highest BCUT2D eigenvalue weighted by Gasteiger charge is 2.33. The molecule has 0 aromatic rings. The van der Waals surface area contributed by atoms with Gasteiger partial charge in [-0.15, -0.1) is 0 Å². The summed E-state index contributed by atoms with van der Waals surface area (Å²) in [5, 5.41) is 16.3. The Morgan fingerprint density at radius 2 is 1.34 bits per heavy atom. The second-order valence-corrected chi connectivity index (χ2v) is 7.45. The maximum Gasteiger partial charge on any atom is 0.325 e. The summed E-state index contributed by atoms with van der Waals surface area (Å²) in [6.45, 7) is 8.25. The SMILES string of the molecule is CCC(C)C(NC(=O)C(N)CC(N)=O)C(=O)NC(C(=O)NC(C)C(=O)O)C(C)C. The van der Waals surface area contributed by atoms with E-state index in [2.05, 4.69) is 16.0 Å². The Morgan fingerprint density at radius 1 is 0.862 bits per heavy atom. The van der Waals surface area contributed by atoms with E-state index in [9.17, 15) is 24.0 Å². The third-order valence-electron chi connectivity index (χ3n) is 4.53. The highest BCUT2D eigenvalue weighted by atomic mass is 16.4. The number of aliphatic carboxylic acids is 1. The van der Waals surface area contributed by atoms with Crippen molar-refractivity contribution in [1.29, 1.82) is 0 Å². The molecule has 8 N–H and O–H groups in total. The zero-order chi connectivity index (χ0) is 22.9. The fourth-order valence-electron chi connectivity index (χ4n) is 2.41. The number of nitrogens with one attached hydrogen (secondary N) is 3. The zero-order valence-electron chi connectivity index (χ0n) is 17.5. The highest BCUT2D eigenvalue weighted by Crippen LogP contribution is 2.11. The fraction of sp³-hybridized carbons (Fsp3) is 0.722. The lowest BCUT2D eigenvalue weighted by atomic mass is 9.96. The number of hydrogen-bond donors (Lipinski definition) is 6. The minimum absolute atomic E-state index is 0.298. The first-order chi connectivity index (χ1) is 13.3. The number of carboxylic acids is 1. The molecule has 0 heterocycles. The highest BCUT2D eigenvalue weighted by molar-refractivity contribution is 5.95. The minimum atomic E-state index is -1.21. The van der Waals surface area contributed by atoms with Crippen LogP contribution < -0.4 is 27.4 Å². The van der Waals surface area contributed by atoms with E-state index in [-0.39, 0.29) is 18.3 Å². The van der Waals surface area contributed by atoms with E-state index in [1.54, 1.807) is 20.8 Å². The molecule has 0 aliphatic carbocycles. The zero-order valence-corrected chi connectivity index (χ0v) is 17.5. The number of primary amides is 1. The number of hydrogen-bond acceptors (Lipinski definition) is 6. The summed E-state index contributed by atoms with van der Waals surface area (Å²) in [6, 6.07) is -4.34. The Labute approximate surface area is 170 Å². The molecular formula is C18H33N5O6. The third kappa shape index (κ3) is 8.90. The van der Waals surface area contributed by atoms with E-state index in [4.69, 9.17) is 16.6 Å². The first kappa shape index (κ1) is 26.3. The van der Waals surface area contributed by atoms with Gasteiger partial charge in [0.05, 0.1) is 12.5 Å². The molecule has 0 radical (unpaired) electrons. The van der Waals surface area contributed by atoms with Gasteiger partial charge >= 0.3 is 5.97 Å². The summed E-state index contributed by atoms with van der Waals surface area (Å²) < 4.78 is 0. The molecule has 166 valence electrons. The molecule has 0 saturated heterocycles. The number of carboxylic acid groups (broad SMARTS) is 1. The van der Waals surface area contributed by atoms with Gasteiger partial charge in [-0.2, -0.15) is 0 Å². The summed E-state index contributed by atoms with van der Waals surface area (Å²) in [4.78, 5) is 59.3. The molecule has 5 unspecified atom stereocenters. The first-order valence-electron chi connectivity index (χ1n) is 9.49. The molecule has 11 heteroatoms. The Bertz CT molecular complexity index is 624. The van der Waals surface area contributed by atoms with E-state index < -0.39 is 53.8 Å². The molecule has 0 spiro atoms. The van der Waals surface area contributed by atoms with Gasteiger partial charge in [0.2, 0.25) is 23.6 Å². The first-order valence-corrected chi connectivity index (χ1v) is 9.49. The topological polar surface area (TPSA) is 194 Å². The van der Waals surface area contributed by atoms with Crippen LogP contribution in [0.15, 0.2) is 0 Å². The molecular weight excluding hydrogens is 382 g/mol. The van der Waals surface area contributed by atoms with E-state index in [1.807, 2.05) is 6.92 Å². The van der Waals surface area contributed by atoms with Crippen molar-refractivity contribution >= 4 is 29.6 Å². The molecule has 0 bridgehead atoms. The van der Waals surface area contributed by atoms with E-state index in [0.29, 0.717) is 6.42 Å². The van der Waals surface area contributed by atoms with Crippen LogP contribution in [-0.2, 0) is 24.0 Å². The van der Waals surface area contributed by atoms with Gasteiger partial charge in [-0.3, -0.25) is 24.0 Å². The quantitative estimate of drug-likeness (QED) is 0.222. The molecule has 0 aromatic heterocycles. The predicted molar refractivity (Wildman–Crippen MR) is 105 cm³/mol. The average molecular weight is 415 g/mol. The second kappa shape index (κ2) is 12.0. The predicted octanol–water partition coefficient (Wildman–Crippen LogP) is -1.55. The lowest BCUT2D eigenvalue weighted by Gasteiger charge is -2.29. The molecule has 11 nitrogen and oxygen atoms in total. The van der Waals surface area contributed by atoms with Crippen molar-refractivity contribution < 1.29 is 29.1 Å². The molecule has 29 heavy (non-hydrogen) atoms. The van der Waals surface area contributed by atoms with Crippen molar-refractivity contribution in [2.24, 2.45) is 23.3 Å². The lowest BCUT2D eigenvalue weighted by molar-refractivity contribution is -0.142. The molecule has 0 aromatic carbocycles.